The van der Waals surface area contributed by atoms with E-state index in [0.29, 0.717) is 17.7 Å². The van der Waals surface area contributed by atoms with Gasteiger partial charge in [0.2, 0.25) is 5.91 Å². The van der Waals surface area contributed by atoms with Gasteiger partial charge in [0.05, 0.1) is 27.9 Å². The lowest BCUT2D eigenvalue weighted by atomic mass is 9.98. The molecule has 0 aliphatic carbocycles. The number of amides is 1. The number of hydrogen-bond acceptors (Lipinski definition) is 4. The molecule has 3 aromatic carbocycles. The first-order valence-electron chi connectivity index (χ1n) is 13.0. The van der Waals surface area contributed by atoms with Crippen molar-refractivity contribution in [3.63, 3.8) is 0 Å². The highest BCUT2D eigenvalue weighted by molar-refractivity contribution is 5.96. The molecule has 3 aromatic heterocycles. The molecular formula is C32H27N5O3. The van der Waals surface area contributed by atoms with Crippen LogP contribution in [0.25, 0.3) is 39.1 Å². The largest absolute Gasteiger partial charge is 0.478 e. The summed E-state index contributed by atoms with van der Waals surface area (Å²) in [5.74, 6) is -0.441. The molecule has 6 aromatic rings. The molecule has 0 fully saturated rings. The number of fused-ring (bicyclic) bond motifs is 2. The third-order valence-corrected chi connectivity index (χ3v) is 7.23. The minimum Gasteiger partial charge on any atom is -0.478 e. The van der Waals surface area contributed by atoms with Gasteiger partial charge < -0.3 is 19.8 Å². The van der Waals surface area contributed by atoms with Gasteiger partial charge in [-0.15, -0.1) is 0 Å². The zero-order chi connectivity index (χ0) is 28.0. The van der Waals surface area contributed by atoms with Crippen molar-refractivity contribution < 1.29 is 14.7 Å². The number of benzene rings is 3. The number of carboxylic acids is 1. The number of nitrogens with two attached hydrogens (primary N) is 1. The van der Waals surface area contributed by atoms with E-state index >= 15 is 0 Å². The van der Waals surface area contributed by atoms with Crippen molar-refractivity contribution in [2.75, 3.05) is 0 Å². The first-order valence-corrected chi connectivity index (χ1v) is 13.0. The summed E-state index contributed by atoms with van der Waals surface area (Å²) in [7, 11) is 0. The normalized spacial score (nSPS) is 11.3. The van der Waals surface area contributed by atoms with Crippen LogP contribution in [0, 0.1) is 6.92 Å². The Kier molecular flexibility index (Phi) is 6.15. The Morgan fingerprint density at radius 3 is 2.42 bits per heavy atom. The number of aromatic nitrogens is 4. The Hall–Kier alpha value is -5.24. The highest BCUT2D eigenvalue weighted by atomic mass is 16.4. The summed E-state index contributed by atoms with van der Waals surface area (Å²) in [5, 5.41) is 9.58. The Balaban J connectivity index is 1.39. The van der Waals surface area contributed by atoms with Crippen LogP contribution in [0.15, 0.2) is 85.2 Å². The van der Waals surface area contributed by atoms with Crippen LogP contribution in [0.4, 0.5) is 0 Å². The van der Waals surface area contributed by atoms with Crippen molar-refractivity contribution in [3.05, 3.63) is 113 Å². The summed E-state index contributed by atoms with van der Waals surface area (Å²) < 4.78 is 4.04. The third-order valence-electron chi connectivity index (χ3n) is 7.23. The molecule has 0 radical (unpaired) electrons. The lowest BCUT2D eigenvalue weighted by Crippen LogP contribution is -2.11. The smallest absolute Gasteiger partial charge is 0.336 e. The molecular weight excluding hydrogens is 502 g/mol. The monoisotopic (exact) mass is 529 g/mol. The Labute approximate surface area is 230 Å². The van der Waals surface area contributed by atoms with E-state index in [0.717, 1.165) is 56.9 Å². The van der Waals surface area contributed by atoms with E-state index in [1.165, 1.54) is 0 Å². The molecule has 0 aliphatic heterocycles. The zero-order valence-corrected chi connectivity index (χ0v) is 22.1. The fraction of sp³-hybridized carbons (Fsp3) is 0.125. The SMILES string of the molecule is CCc1nc2c(C)cc(-c3cn4cc(C(N)=O)ccc4n3)cc2n1Cc1ccc(-c2ccccc2C(=O)O)cc1. The van der Waals surface area contributed by atoms with E-state index in [9.17, 15) is 14.7 Å². The predicted octanol–water partition coefficient (Wildman–Crippen LogP) is 5.73. The quantitative estimate of drug-likeness (QED) is 0.274. The lowest BCUT2D eigenvalue weighted by molar-refractivity contribution is 0.0697. The second-order valence-electron chi connectivity index (χ2n) is 9.85. The van der Waals surface area contributed by atoms with E-state index in [4.69, 9.17) is 15.7 Å². The lowest BCUT2D eigenvalue weighted by Gasteiger charge is -2.11. The molecule has 8 nitrogen and oxygen atoms in total. The summed E-state index contributed by atoms with van der Waals surface area (Å²) in [6, 6.07) is 22.7. The van der Waals surface area contributed by atoms with Crippen LogP contribution in [-0.2, 0) is 13.0 Å². The maximum atomic E-state index is 11.7. The maximum Gasteiger partial charge on any atom is 0.336 e. The first-order chi connectivity index (χ1) is 19.3. The van der Waals surface area contributed by atoms with Crippen molar-refractivity contribution in [1.82, 2.24) is 18.9 Å². The number of aromatic carboxylic acids is 1. The number of nitrogens with zero attached hydrogens (tertiary/aromatic N) is 4. The Morgan fingerprint density at radius 1 is 0.925 bits per heavy atom. The van der Waals surface area contributed by atoms with Crippen LogP contribution < -0.4 is 5.73 Å². The van der Waals surface area contributed by atoms with Crippen LogP contribution in [0.2, 0.25) is 0 Å². The standard InChI is InChI=1S/C32H27N5O3/c1-3-28-35-30-19(2)14-23(26-18-36-17-22(31(33)38)12-13-29(36)34-26)15-27(30)37(28)16-20-8-10-21(11-9-20)24-6-4-5-7-25(24)32(39)40/h4-15,17-18H,3,16H2,1-2H3,(H2,33,38)(H,39,40). The molecule has 0 saturated heterocycles. The van der Waals surface area contributed by atoms with Crippen molar-refractivity contribution in [2.24, 2.45) is 5.73 Å². The molecule has 0 aliphatic rings. The van der Waals surface area contributed by atoms with Crippen molar-refractivity contribution in [1.29, 1.82) is 0 Å². The summed E-state index contributed by atoms with van der Waals surface area (Å²) in [4.78, 5) is 33.0. The zero-order valence-electron chi connectivity index (χ0n) is 22.1. The first kappa shape index (κ1) is 25.1. The molecule has 6 rings (SSSR count). The Bertz CT molecular complexity index is 1930. The molecule has 0 saturated carbocycles. The predicted molar refractivity (Wildman–Crippen MR) is 154 cm³/mol. The number of aryl methyl sites for hydroxylation is 2. The fourth-order valence-electron chi connectivity index (χ4n) is 5.21. The second kappa shape index (κ2) is 9.81. The van der Waals surface area contributed by atoms with Gasteiger partial charge in [-0.3, -0.25) is 4.79 Å². The average molecular weight is 530 g/mol. The molecule has 3 N–H and O–H groups in total. The van der Waals surface area contributed by atoms with Gasteiger partial charge in [-0.1, -0.05) is 49.4 Å². The number of carboxylic acid groups (broad SMARTS) is 1. The molecule has 8 heteroatoms. The second-order valence-corrected chi connectivity index (χ2v) is 9.85. The average Bonchev–Trinajstić information content (AvgIpc) is 3.54. The van der Waals surface area contributed by atoms with Crippen LogP contribution >= 0.6 is 0 Å². The van der Waals surface area contributed by atoms with Gasteiger partial charge in [-0.05, 0) is 59.5 Å². The number of rotatable bonds is 7. The van der Waals surface area contributed by atoms with Crippen molar-refractivity contribution in [2.45, 2.75) is 26.8 Å². The molecule has 40 heavy (non-hydrogen) atoms. The van der Waals surface area contributed by atoms with Crippen LogP contribution in [0.1, 0.15) is 44.6 Å². The van der Waals surface area contributed by atoms with Gasteiger partial charge in [0.25, 0.3) is 0 Å². The highest BCUT2D eigenvalue weighted by Gasteiger charge is 2.16. The van der Waals surface area contributed by atoms with E-state index in [1.54, 1.807) is 30.5 Å². The number of carbonyl (C=O) groups is 2. The van der Waals surface area contributed by atoms with E-state index in [-0.39, 0.29) is 5.56 Å². The van der Waals surface area contributed by atoms with Gasteiger partial charge in [0.15, 0.2) is 0 Å². The Morgan fingerprint density at radius 2 is 1.70 bits per heavy atom. The molecule has 0 atom stereocenters. The number of imidazole rings is 2. The molecule has 3 heterocycles. The van der Waals surface area contributed by atoms with Gasteiger partial charge in [-0.25, -0.2) is 14.8 Å². The van der Waals surface area contributed by atoms with Crippen LogP contribution in [0.5, 0.6) is 0 Å². The summed E-state index contributed by atoms with van der Waals surface area (Å²) in [5.41, 5.74) is 14.3. The summed E-state index contributed by atoms with van der Waals surface area (Å²) in [6.45, 7) is 4.77. The summed E-state index contributed by atoms with van der Waals surface area (Å²) in [6.07, 6.45) is 4.37. The van der Waals surface area contributed by atoms with Crippen molar-refractivity contribution >= 4 is 28.6 Å². The molecule has 0 unspecified atom stereocenters. The number of hydrogen-bond donors (Lipinski definition) is 2. The van der Waals surface area contributed by atoms with Gasteiger partial charge in [-0.2, -0.15) is 0 Å². The van der Waals surface area contributed by atoms with Gasteiger partial charge in [0, 0.05) is 30.9 Å². The van der Waals surface area contributed by atoms with E-state index in [2.05, 4.69) is 30.5 Å². The summed E-state index contributed by atoms with van der Waals surface area (Å²) >= 11 is 0. The maximum absolute atomic E-state index is 11.7. The number of carbonyl (C=O) groups excluding carboxylic acids is 1. The van der Waals surface area contributed by atoms with E-state index in [1.807, 2.05) is 47.0 Å². The molecule has 1 amide bonds. The molecule has 198 valence electrons. The van der Waals surface area contributed by atoms with Gasteiger partial charge in [0.1, 0.15) is 11.5 Å². The highest BCUT2D eigenvalue weighted by Crippen LogP contribution is 2.30. The topological polar surface area (TPSA) is 116 Å². The molecule has 0 spiro atoms. The van der Waals surface area contributed by atoms with Crippen LogP contribution in [-0.4, -0.2) is 35.9 Å². The fourth-order valence-corrected chi connectivity index (χ4v) is 5.21. The molecule has 0 bridgehead atoms. The number of pyridine rings is 1. The van der Waals surface area contributed by atoms with Gasteiger partial charge >= 0.3 is 5.97 Å². The minimum absolute atomic E-state index is 0.282. The van der Waals surface area contributed by atoms with E-state index < -0.39 is 11.9 Å². The van der Waals surface area contributed by atoms with Crippen molar-refractivity contribution in [3.8, 4) is 22.4 Å². The van der Waals surface area contributed by atoms with Crippen LogP contribution in [0.3, 0.4) is 0 Å². The third kappa shape index (κ3) is 4.39. The minimum atomic E-state index is -0.942. The number of primary amides is 1.